The van der Waals surface area contributed by atoms with Crippen LogP contribution in [0.15, 0.2) is 12.3 Å². The van der Waals surface area contributed by atoms with Crippen LogP contribution in [0.2, 0.25) is 0 Å². The van der Waals surface area contributed by atoms with Crippen LogP contribution in [-0.4, -0.2) is 72.0 Å². The van der Waals surface area contributed by atoms with Crippen LogP contribution < -0.4 is 20.7 Å². The van der Waals surface area contributed by atoms with Crippen molar-refractivity contribution in [2.45, 2.75) is 89.9 Å². The number of hydrogen-bond donors (Lipinski definition) is 3. The van der Waals surface area contributed by atoms with Gasteiger partial charge in [-0.3, -0.25) is 19.4 Å². The summed E-state index contributed by atoms with van der Waals surface area (Å²) in [5, 5.41) is 9.36. The van der Waals surface area contributed by atoms with Crippen LogP contribution in [0, 0.1) is 11.8 Å². The molecule has 4 rings (SSSR count). The quantitative estimate of drug-likeness (QED) is 0.582. The van der Waals surface area contributed by atoms with Gasteiger partial charge in [0.2, 0.25) is 17.7 Å². The number of carbonyl (C=O) groups excluding carboxylic acids is 3. The first-order valence-corrected chi connectivity index (χ1v) is 13.5. The summed E-state index contributed by atoms with van der Waals surface area (Å²) in [6.07, 6.45) is 7.49. The molecule has 198 valence electrons. The summed E-state index contributed by atoms with van der Waals surface area (Å²) in [6, 6.07) is 0.333. The number of nitrogens with zero attached hydrogens (tertiary/aromatic N) is 2. The van der Waals surface area contributed by atoms with Gasteiger partial charge in [-0.1, -0.05) is 13.8 Å². The number of nitrogens with one attached hydrogen (secondary N) is 3. The number of likely N-dealkylation sites (N-methyl/N-ethyl adjacent to an activating group) is 1. The lowest BCUT2D eigenvalue weighted by atomic mass is 10.00. The number of rotatable bonds is 3. The highest BCUT2D eigenvalue weighted by molar-refractivity contribution is 5.93. The van der Waals surface area contributed by atoms with Gasteiger partial charge in [-0.15, -0.1) is 0 Å². The molecule has 0 unspecified atom stereocenters. The molecule has 1 aromatic rings. The number of fused-ring (bicyclic) bond motifs is 1. The number of amides is 3. The molecule has 0 radical (unpaired) electrons. The molecule has 3 aliphatic rings. The summed E-state index contributed by atoms with van der Waals surface area (Å²) in [5.41, 5.74) is 2.07. The van der Waals surface area contributed by atoms with E-state index in [4.69, 9.17) is 4.74 Å². The zero-order valence-corrected chi connectivity index (χ0v) is 22.0. The smallest absolute Gasteiger partial charge is 0.243 e. The lowest BCUT2D eigenvalue weighted by Gasteiger charge is -2.32. The number of carbonyl (C=O) groups is 3. The van der Waals surface area contributed by atoms with Crippen LogP contribution in [0.1, 0.15) is 64.1 Å². The molecule has 1 aliphatic carbocycles. The molecular formula is C27H41N5O4. The van der Waals surface area contributed by atoms with Crippen LogP contribution in [0.5, 0.6) is 5.75 Å². The Kier molecular flexibility index (Phi) is 8.49. The fraction of sp³-hybridized carbons (Fsp3) is 0.704. The molecule has 1 fully saturated rings. The van der Waals surface area contributed by atoms with E-state index in [9.17, 15) is 14.4 Å². The largest absolute Gasteiger partial charge is 0.487 e. The molecule has 0 spiro atoms. The van der Waals surface area contributed by atoms with Crippen molar-refractivity contribution in [2.24, 2.45) is 11.8 Å². The van der Waals surface area contributed by atoms with Crippen molar-refractivity contribution in [3.63, 3.8) is 0 Å². The predicted molar refractivity (Wildman–Crippen MR) is 136 cm³/mol. The van der Waals surface area contributed by atoms with E-state index in [1.165, 1.54) is 4.90 Å². The Morgan fingerprint density at radius 2 is 1.92 bits per heavy atom. The molecule has 3 heterocycles. The molecule has 1 aromatic heterocycles. The SMILES string of the molecule is CC(C)C[C@H]1NC(=O)[C@@H](C)N(C)C(=O)[C@H](C2CC2)NC[C@H]2CCc3ccnc(c3O2)CCCNC1=O. The van der Waals surface area contributed by atoms with Gasteiger partial charge < -0.3 is 25.6 Å². The second-order valence-corrected chi connectivity index (χ2v) is 11.0. The van der Waals surface area contributed by atoms with E-state index in [1.807, 2.05) is 26.1 Å². The average molecular weight is 500 g/mol. The van der Waals surface area contributed by atoms with E-state index in [0.717, 1.165) is 49.1 Å². The Hall–Kier alpha value is -2.68. The van der Waals surface area contributed by atoms with Gasteiger partial charge in [-0.05, 0) is 75.3 Å². The van der Waals surface area contributed by atoms with E-state index in [0.29, 0.717) is 25.9 Å². The van der Waals surface area contributed by atoms with Crippen molar-refractivity contribution in [1.29, 1.82) is 0 Å². The molecule has 3 amide bonds. The first-order chi connectivity index (χ1) is 17.2. The molecule has 9 heteroatoms. The first kappa shape index (κ1) is 26.4. The third kappa shape index (κ3) is 6.35. The summed E-state index contributed by atoms with van der Waals surface area (Å²) < 4.78 is 6.39. The standard InChI is InChI=1S/C27H41N5O4/c1-16(2)14-22-26(34)29-12-5-6-21-24-19(11-13-28-21)9-10-20(36-24)15-30-23(18-7-8-18)27(35)32(4)17(3)25(33)31-22/h11,13,16-18,20,22-23,30H,5-10,12,14-15H2,1-4H3,(H,29,34)(H,31,33)/t17-,20-,22-,23+/m1/s1. The maximum absolute atomic E-state index is 13.5. The highest BCUT2D eigenvalue weighted by Crippen LogP contribution is 2.34. The van der Waals surface area contributed by atoms with Crippen LogP contribution >= 0.6 is 0 Å². The summed E-state index contributed by atoms with van der Waals surface area (Å²) in [4.78, 5) is 45.6. The summed E-state index contributed by atoms with van der Waals surface area (Å²) >= 11 is 0. The van der Waals surface area contributed by atoms with E-state index in [-0.39, 0.29) is 41.7 Å². The van der Waals surface area contributed by atoms with E-state index >= 15 is 0 Å². The fourth-order valence-corrected chi connectivity index (χ4v) is 5.06. The minimum absolute atomic E-state index is 0.0455. The molecule has 1 saturated carbocycles. The Labute approximate surface area is 214 Å². The van der Waals surface area contributed by atoms with Crippen molar-refractivity contribution in [1.82, 2.24) is 25.8 Å². The van der Waals surface area contributed by atoms with Crippen LogP contribution in [0.3, 0.4) is 0 Å². The van der Waals surface area contributed by atoms with Crippen LogP contribution in [0.25, 0.3) is 0 Å². The van der Waals surface area contributed by atoms with Gasteiger partial charge in [0, 0.05) is 26.3 Å². The normalized spacial score (nSPS) is 28.6. The van der Waals surface area contributed by atoms with E-state index in [1.54, 1.807) is 14.0 Å². The second-order valence-electron chi connectivity index (χ2n) is 11.0. The topological polar surface area (TPSA) is 113 Å². The van der Waals surface area contributed by atoms with Crippen molar-refractivity contribution in [2.75, 3.05) is 20.1 Å². The maximum Gasteiger partial charge on any atom is 0.243 e. The molecule has 4 atom stereocenters. The first-order valence-electron chi connectivity index (χ1n) is 13.5. The van der Waals surface area contributed by atoms with Crippen molar-refractivity contribution < 1.29 is 19.1 Å². The average Bonchev–Trinajstić information content (AvgIpc) is 3.69. The predicted octanol–water partition coefficient (Wildman–Crippen LogP) is 1.58. The fourth-order valence-electron chi connectivity index (χ4n) is 5.06. The number of pyridine rings is 1. The lowest BCUT2D eigenvalue weighted by Crippen LogP contribution is -2.57. The minimum Gasteiger partial charge on any atom is -0.487 e. The summed E-state index contributed by atoms with van der Waals surface area (Å²) in [6.45, 7) is 6.81. The Morgan fingerprint density at radius 1 is 1.14 bits per heavy atom. The molecule has 2 aliphatic heterocycles. The number of aromatic nitrogens is 1. The van der Waals surface area contributed by atoms with Crippen molar-refractivity contribution in [3.8, 4) is 5.75 Å². The van der Waals surface area contributed by atoms with Gasteiger partial charge in [0.05, 0.1) is 11.7 Å². The Morgan fingerprint density at radius 3 is 2.64 bits per heavy atom. The van der Waals surface area contributed by atoms with Gasteiger partial charge in [-0.2, -0.15) is 0 Å². The van der Waals surface area contributed by atoms with Crippen molar-refractivity contribution in [3.05, 3.63) is 23.5 Å². The third-order valence-corrected chi connectivity index (χ3v) is 7.54. The van der Waals surface area contributed by atoms with Gasteiger partial charge in [-0.25, -0.2) is 0 Å². The third-order valence-electron chi connectivity index (χ3n) is 7.54. The monoisotopic (exact) mass is 499 g/mol. The second kappa shape index (κ2) is 11.6. The molecule has 3 N–H and O–H groups in total. The van der Waals surface area contributed by atoms with Gasteiger partial charge in [0.1, 0.15) is 23.9 Å². The molecule has 0 saturated heterocycles. The highest BCUT2D eigenvalue weighted by atomic mass is 16.5. The molecular weight excluding hydrogens is 458 g/mol. The summed E-state index contributed by atoms with van der Waals surface area (Å²) in [5.74, 6) is 0.744. The zero-order chi connectivity index (χ0) is 25.8. The maximum atomic E-state index is 13.5. The van der Waals surface area contributed by atoms with Gasteiger partial charge in [0.25, 0.3) is 0 Å². The van der Waals surface area contributed by atoms with Gasteiger partial charge >= 0.3 is 0 Å². The van der Waals surface area contributed by atoms with Gasteiger partial charge in [0.15, 0.2) is 0 Å². The Bertz CT molecular complexity index is 963. The lowest BCUT2D eigenvalue weighted by molar-refractivity contribution is -0.141. The zero-order valence-electron chi connectivity index (χ0n) is 22.0. The van der Waals surface area contributed by atoms with Crippen molar-refractivity contribution >= 4 is 17.7 Å². The molecule has 36 heavy (non-hydrogen) atoms. The Balaban J connectivity index is 1.57. The van der Waals surface area contributed by atoms with E-state index < -0.39 is 12.1 Å². The van der Waals surface area contributed by atoms with Crippen LogP contribution in [0.4, 0.5) is 0 Å². The summed E-state index contributed by atoms with van der Waals surface area (Å²) in [7, 11) is 1.67. The number of aryl methyl sites for hydroxylation is 2. The molecule has 0 aromatic carbocycles. The van der Waals surface area contributed by atoms with E-state index in [2.05, 4.69) is 20.9 Å². The molecule has 2 bridgehead atoms. The number of hydrogen-bond acceptors (Lipinski definition) is 6. The molecule has 9 nitrogen and oxygen atoms in total. The highest BCUT2D eigenvalue weighted by Gasteiger charge is 2.40. The number of ether oxygens (including phenoxy) is 1. The minimum atomic E-state index is -0.687. The van der Waals surface area contributed by atoms with Crippen LogP contribution in [-0.2, 0) is 27.2 Å².